The fourth-order valence-electron chi connectivity index (χ4n) is 1.79. The molecule has 0 unspecified atom stereocenters. The second kappa shape index (κ2) is 4.54. The van der Waals surface area contributed by atoms with Crippen molar-refractivity contribution in [2.24, 2.45) is 0 Å². The number of aromatic amines is 2. The molecule has 0 aliphatic carbocycles. The molecule has 0 radical (unpaired) electrons. The molecule has 0 atom stereocenters. The third-order valence-corrected chi connectivity index (χ3v) is 2.77. The Balaban J connectivity index is 2.21. The fraction of sp³-hybridized carbons (Fsp3) is 0. The Hall–Kier alpha value is -2.27. The van der Waals surface area contributed by atoms with Gasteiger partial charge in [0.1, 0.15) is 0 Å². The zero-order valence-electron chi connectivity index (χ0n) is 9.42. The predicted octanol–water partition coefficient (Wildman–Crippen LogP) is 3.20. The van der Waals surface area contributed by atoms with E-state index >= 15 is 0 Å². The monoisotopic (exact) mass is 254 g/mol. The third kappa shape index (κ3) is 1.96. The molecule has 0 aliphatic heterocycles. The molecule has 0 saturated heterocycles. The largest absolute Gasteiger partial charge is 0.329 e. The first-order chi connectivity index (χ1) is 8.84. The summed E-state index contributed by atoms with van der Waals surface area (Å²) in [6.45, 7) is 0. The fourth-order valence-corrected chi connectivity index (χ4v) is 1.99. The molecule has 3 aromatic rings. The first kappa shape index (κ1) is 10.9. The van der Waals surface area contributed by atoms with Crippen LogP contribution in [0.1, 0.15) is 0 Å². The molecule has 5 heteroatoms. The summed E-state index contributed by atoms with van der Waals surface area (Å²) in [6, 6.07) is 11.5. The van der Waals surface area contributed by atoms with Crippen LogP contribution in [0.25, 0.3) is 22.8 Å². The first-order valence-corrected chi connectivity index (χ1v) is 5.90. The number of H-pyrrole nitrogens is 2. The number of pyridine rings is 2. The van der Waals surface area contributed by atoms with E-state index in [-0.39, 0.29) is 0 Å². The summed E-state index contributed by atoms with van der Waals surface area (Å²) >= 11 is 5.15. The van der Waals surface area contributed by atoms with Gasteiger partial charge in [0.2, 0.25) is 0 Å². The summed E-state index contributed by atoms with van der Waals surface area (Å²) < 4.78 is 0.566. The SMILES string of the molecule is S=c1[nH]c(-c2ccccn2)c(-c2ccccn2)[nH]1. The zero-order valence-corrected chi connectivity index (χ0v) is 10.2. The highest BCUT2D eigenvalue weighted by Gasteiger charge is 2.11. The molecule has 0 bridgehead atoms. The minimum atomic E-state index is 0.566. The van der Waals surface area contributed by atoms with E-state index in [9.17, 15) is 0 Å². The molecule has 0 amide bonds. The van der Waals surface area contributed by atoms with Gasteiger partial charge in [-0.05, 0) is 36.5 Å². The molecule has 3 aromatic heterocycles. The highest BCUT2D eigenvalue weighted by atomic mass is 32.1. The van der Waals surface area contributed by atoms with E-state index in [0.717, 1.165) is 22.8 Å². The van der Waals surface area contributed by atoms with Gasteiger partial charge < -0.3 is 9.97 Å². The Morgan fingerprint density at radius 3 is 1.67 bits per heavy atom. The maximum atomic E-state index is 5.15. The van der Waals surface area contributed by atoms with Crippen molar-refractivity contribution < 1.29 is 0 Å². The summed E-state index contributed by atoms with van der Waals surface area (Å²) in [5.74, 6) is 0. The summed E-state index contributed by atoms with van der Waals surface area (Å²) in [5, 5.41) is 0. The molecule has 88 valence electrons. The van der Waals surface area contributed by atoms with Crippen molar-refractivity contribution in [2.75, 3.05) is 0 Å². The molecule has 0 aromatic carbocycles. The lowest BCUT2D eigenvalue weighted by atomic mass is 10.2. The van der Waals surface area contributed by atoms with Gasteiger partial charge in [0.05, 0.1) is 22.8 Å². The van der Waals surface area contributed by atoms with Crippen LogP contribution in [0, 0.1) is 4.77 Å². The Bertz CT molecular complexity index is 641. The third-order valence-electron chi connectivity index (χ3n) is 2.57. The average Bonchev–Trinajstić information content (AvgIpc) is 2.83. The topological polar surface area (TPSA) is 57.4 Å². The van der Waals surface area contributed by atoms with Gasteiger partial charge in [-0.3, -0.25) is 9.97 Å². The number of rotatable bonds is 2. The molecular formula is C13H10N4S. The number of imidazole rings is 1. The predicted molar refractivity (Wildman–Crippen MR) is 72.4 cm³/mol. The van der Waals surface area contributed by atoms with Crippen molar-refractivity contribution in [3.8, 4) is 22.8 Å². The molecule has 0 saturated carbocycles. The van der Waals surface area contributed by atoms with Crippen molar-refractivity contribution in [3.63, 3.8) is 0 Å². The van der Waals surface area contributed by atoms with Crippen molar-refractivity contribution >= 4 is 12.2 Å². The van der Waals surface area contributed by atoms with Crippen LogP contribution in [0.15, 0.2) is 48.8 Å². The van der Waals surface area contributed by atoms with Gasteiger partial charge in [0.25, 0.3) is 0 Å². The molecule has 18 heavy (non-hydrogen) atoms. The molecule has 0 spiro atoms. The van der Waals surface area contributed by atoms with Crippen molar-refractivity contribution in [2.45, 2.75) is 0 Å². The summed E-state index contributed by atoms with van der Waals surface area (Å²) in [5.41, 5.74) is 3.40. The summed E-state index contributed by atoms with van der Waals surface area (Å²) in [7, 11) is 0. The second-order valence-corrected chi connectivity index (χ2v) is 4.17. The highest BCUT2D eigenvalue weighted by Crippen LogP contribution is 2.26. The number of nitrogens with one attached hydrogen (secondary N) is 2. The minimum absolute atomic E-state index is 0.566. The lowest BCUT2D eigenvalue weighted by Crippen LogP contribution is -1.88. The van der Waals surface area contributed by atoms with E-state index in [4.69, 9.17) is 12.2 Å². The van der Waals surface area contributed by atoms with Crippen LogP contribution < -0.4 is 0 Å². The van der Waals surface area contributed by atoms with Gasteiger partial charge in [-0.25, -0.2) is 0 Å². The summed E-state index contributed by atoms with van der Waals surface area (Å²) in [4.78, 5) is 14.9. The average molecular weight is 254 g/mol. The lowest BCUT2D eigenvalue weighted by Gasteiger charge is -2.01. The highest BCUT2D eigenvalue weighted by molar-refractivity contribution is 7.71. The maximum absolute atomic E-state index is 5.15. The van der Waals surface area contributed by atoms with E-state index in [1.54, 1.807) is 12.4 Å². The number of hydrogen-bond donors (Lipinski definition) is 2. The number of hydrogen-bond acceptors (Lipinski definition) is 3. The van der Waals surface area contributed by atoms with Gasteiger partial charge in [-0.15, -0.1) is 0 Å². The van der Waals surface area contributed by atoms with Crippen LogP contribution in [0.5, 0.6) is 0 Å². The van der Waals surface area contributed by atoms with Crippen molar-refractivity contribution in [1.29, 1.82) is 0 Å². The van der Waals surface area contributed by atoms with Crippen molar-refractivity contribution in [3.05, 3.63) is 53.6 Å². The lowest BCUT2D eigenvalue weighted by molar-refractivity contribution is 1.24. The Morgan fingerprint density at radius 1 is 0.778 bits per heavy atom. The zero-order chi connectivity index (χ0) is 12.4. The standard InChI is InChI=1S/C13H10N4S/c18-13-16-11(9-5-1-3-7-14-9)12(17-13)10-6-2-4-8-15-10/h1-8H,(H2,16,17,18). The molecule has 0 fully saturated rings. The number of nitrogens with zero attached hydrogens (tertiary/aromatic N) is 2. The van der Waals surface area contributed by atoms with E-state index in [1.165, 1.54) is 0 Å². The van der Waals surface area contributed by atoms with Crippen LogP contribution in [0.4, 0.5) is 0 Å². The Morgan fingerprint density at radius 2 is 1.28 bits per heavy atom. The molecule has 4 nitrogen and oxygen atoms in total. The quantitative estimate of drug-likeness (QED) is 0.690. The van der Waals surface area contributed by atoms with Crippen LogP contribution in [-0.4, -0.2) is 19.9 Å². The normalized spacial score (nSPS) is 10.4. The maximum Gasteiger partial charge on any atom is 0.175 e. The van der Waals surface area contributed by atoms with Crippen LogP contribution in [0.2, 0.25) is 0 Å². The molecular weight excluding hydrogens is 244 g/mol. The van der Waals surface area contributed by atoms with Crippen LogP contribution >= 0.6 is 12.2 Å². The first-order valence-electron chi connectivity index (χ1n) is 5.50. The molecule has 3 heterocycles. The van der Waals surface area contributed by atoms with Gasteiger partial charge in [-0.2, -0.15) is 0 Å². The molecule has 0 aliphatic rings. The summed E-state index contributed by atoms with van der Waals surface area (Å²) in [6.07, 6.45) is 3.50. The molecule has 3 rings (SSSR count). The van der Waals surface area contributed by atoms with E-state index in [2.05, 4.69) is 19.9 Å². The van der Waals surface area contributed by atoms with Crippen LogP contribution in [0.3, 0.4) is 0 Å². The molecule has 2 N–H and O–H groups in total. The van der Waals surface area contributed by atoms with E-state index in [1.807, 2.05) is 36.4 Å². The van der Waals surface area contributed by atoms with Crippen molar-refractivity contribution in [1.82, 2.24) is 19.9 Å². The van der Waals surface area contributed by atoms with Gasteiger partial charge in [0.15, 0.2) is 4.77 Å². The Kier molecular flexibility index (Phi) is 2.74. The van der Waals surface area contributed by atoms with Gasteiger partial charge in [-0.1, -0.05) is 12.1 Å². The smallest absolute Gasteiger partial charge is 0.175 e. The van der Waals surface area contributed by atoms with Crippen LogP contribution in [-0.2, 0) is 0 Å². The van der Waals surface area contributed by atoms with E-state index in [0.29, 0.717) is 4.77 Å². The van der Waals surface area contributed by atoms with Gasteiger partial charge >= 0.3 is 0 Å². The van der Waals surface area contributed by atoms with E-state index < -0.39 is 0 Å². The Labute approximate surface area is 109 Å². The van der Waals surface area contributed by atoms with Gasteiger partial charge in [0, 0.05) is 12.4 Å². The number of aromatic nitrogens is 4. The minimum Gasteiger partial charge on any atom is -0.329 e. The second-order valence-electron chi connectivity index (χ2n) is 3.76.